The lowest BCUT2D eigenvalue weighted by Crippen LogP contribution is -2.53. The van der Waals surface area contributed by atoms with Crippen molar-refractivity contribution in [2.24, 2.45) is 0 Å². The summed E-state index contributed by atoms with van der Waals surface area (Å²) in [5, 5.41) is 0. The van der Waals surface area contributed by atoms with Gasteiger partial charge in [-0.1, -0.05) is 60.7 Å². The molecule has 3 N–H and O–H groups in total. The maximum Gasteiger partial charge on any atom is 0.269 e. The number of carbonyl (C=O) groups is 2. The first kappa shape index (κ1) is 22.1. The summed E-state index contributed by atoms with van der Waals surface area (Å²) in [6, 6.07) is 20.5. The van der Waals surface area contributed by atoms with Crippen LogP contribution >= 0.6 is 0 Å². The minimum atomic E-state index is -4.34. The van der Waals surface area contributed by atoms with Crippen LogP contribution in [0.2, 0.25) is 0 Å². The van der Waals surface area contributed by atoms with Gasteiger partial charge in [-0.05, 0) is 36.2 Å². The topological polar surface area (TPSA) is 104 Å². The number of halogens is 1. The zero-order chi connectivity index (χ0) is 22.3. The number of hydrogen-bond donors (Lipinski definition) is 3. The van der Waals surface area contributed by atoms with Gasteiger partial charge in [-0.3, -0.25) is 20.4 Å². The lowest BCUT2D eigenvalue weighted by Gasteiger charge is -2.19. The fourth-order valence-electron chi connectivity index (χ4n) is 2.82. The van der Waals surface area contributed by atoms with Crippen LogP contribution in [0, 0.1) is 5.82 Å². The quantitative estimate of drug-likeness (QED) is 0.489. The molecule has 0 heterocycles. The van der Waals surface area contributed by atoms with E-state index in [2.05, 4.69) is 15.6 Å². The van der Waals surface area contributed by atoms with E-state index in [-0.39, 0.29) is 6.42 Å². The Hall–Kier alpha value is -3.56. The summed E-state index contributed by atoms with van der Waals surface area (Å²) >= 11 is 0. The molecule has 0 aliphatic carbocycles. The number of hydrazine groups is 1. The van der Waals surface area contributed by atoms with Crippen molar-refractivity contribution in [3.8, 4) is 0 Å². The van der Waals surface area contributed by atoms with Crippen molar-refractivity contribution in [2.45, 2.75) is 17.4 Å². The molecule has 9 heteroatoms. The standard InChI is InChI=1S/C22H20FN3O4S/c23-18-13-7-8-14-20(18)31(29,30)26-19(15-16-9-3-1-4-10-16)22(28)25-24-21(27)17-11-5-2-6-12-17/h1-14,19,26H,15H2,(H,24,27)(H,25,28). The fraction of sp³-hybridized carbons (Fsp3) is 0.0909. The van der Waals surface area contributed by atoms with Gasteiger partial charge in [0.2, 0.25) is 10.0 Å². The predicted octanol–water partition coefficient (Wildman–Crippen LogP) is 2.18. The molecule has 3 rings (SSSR count). The average molecular weight is 441 g/mol. The highest BCUT2D eigenvalue weighted by molar-refractivity contribution is 7.89. The number of nitrogens with one attached hydrogen (secondary N) is 3. The predicted molar refractivity (Wildman–Crippen MR) is 113 cm³/mol. The number of amides is 2. The molecular weight excluding hydrogens is 421 g/mol. The molecule has 0 aromatic heterocycles. The van der Waals surface area contributed by atoms with Gasteiger partial charge in [-0.15, -0.1) is 0 Å². The van der Waals surface area contributed by atoms with E-state index in [1.165, 1.54) is 12.1 Å². The van der Waals surface area contributed by atoms with Crippen LogP contribution in [0.4, 0.5) is 4.39 Å². The van der Waals surface area contributed by atoms with Crippen molar-refractivity contribution < 1.29 is 22.4 Å². The average Bonchev–Trinajstić information content (AvgIpc) is 2.78. The zero-order valence-electron chi connectivity index (χ0n) is 16.3. The summed E-state index contributed by atoms with van der Waals surface area (Å²) in [6.45, 7) is 0. The third kappa shape index (κ3) is 5.97. The van der Waals surface area contributed by atoms with Crippen molar-refractivity contribution in [1.82, 2.24) is 15.6 Å². The molecule has 31 heavy (non-hydrogen) atoms. The number of benzene rings is 3. The van der Waals surface area contributed by atoms with Crippen LogP contribution in [0.15, 0.2) is 89.8 Å². The van der Waals surface area contributed by atoms with E-state index in [1.807, 2.05) is 0 Å². The monoisotopic (exact) mass is 441 g/mol. The molecule has 160 valence electrons. The lowest BCUT2D eigenvalue weighted by molar-refractivity contribution is -0.123. The summed E-state index contributed by atoms with van der Waals surface area (Å²) in [6.07, 6.45) is -0.0123. The fourth-order valence-corrected chi connectivity index (χ4v) is 4.09. The summed E-state index contributed by atoms with van der Waals surface area (Å²) < 4.78 is 41.7. The van der Waals surface area contributed by atoms with Crippen molar-refractivity contribution in [3.63, 3.8) is 0 Å². The van der Waals surface area contributed by atoms with E-state index in [9.17, 15) is 22.4 Å². The molecule has 0 fully saturated rings. The molecule has 0 aliphatic heterocycles. The Balaban J connectivity index is 1.78. The van der Waals surface area contributed by atoms with E-state index in [0.717, 1.165) is 12.1 Å². The third-order valence-electron chi connectivity index (χ3n) is 4.36. The summed E-state index contributed by atoms with van der Waals surface area (Å²) in [5.41, 5.74) is 5.47. The van der Waals surface area contributed by atoms with Crippen LogP contribution in [-0.2, 0) is 21.2 Å². The van der Waals surface area contributed by atoms with Gasteiger partial charge in [-0.2, -0.15) is 4.72 Å². The van der Waals surface area contributed by atoms with Crippen molar-refractivity contribution >= 4 is 21.8 Å². The van der Waals surface area contributed by atoms with E-state index < -0.39 is 38.6 Å². The molecule has 1 unspecified atom stereocenters. The molecule has 0 aliphatic rings. The molecule has 0 bridgehead atoms. The Morgan fingerprint density at radius 3 is 2.03 bits per heavy atom. The SMILES string of the molecule is O=C(NNC(=O)C(Cc1ccccc1)NS(=O)(=O)c1ccccc1F)c1ccccc1. The Kier molecular flexibility index (Phi) is 7.11. The first-order valence-corrected chi connectivity index (χ1v) is 10.8. The van der Waals surface area contributed by atoms with Crippen LogP contribution in [0.1, 0.15) is 15.9 Å². The molecular formula is C22H20FN3O4S. The molecule has 3 aromatic rings. The highest BCUT2D eigenvalue weighted by Gasteiger charge is 2.28. The summed E-state index contributed by atoms with van der Waals surface area (Å²) in [5.74, 6) is -2.30. The van der Waals surface area contributed by atoms with E-state index in [0.29, 0.717) is 11.1 Å². The van der Waals surface area contributed by atoms with Gasteiger partial charge < -0.3 is 0 Å². The highest BCUT2D eigenvalue weighted by Crippen LogP contribution is 2.15. The first-order valence-electron chi connectivity index (χ1n) is 9.33. The Bertz CT molecular complexity index is 1160. The van der Waals surface area contributed by atoms with E-state index >= 15 is 0 Å². The molecule has 1 atom stereocenters. The smallest absolute Gasteiger partial charge is 0.269 e. The van der Waals surface area contributed by atoms with Gasteiger partial charge in [0.15, 0.2) is 0 Å². The normalized spacial score (nSPS) is 12.0. The molecule has 7 nitrogen and oxygen atoms in total. The van der Waals surface area contributed by atoms with Crippen molar-refractivity contribution in [3.05, 3.63) is 102 Å². The molecule has 0 radical (unpaired) electrons. The number of sulfonamides is 1. The minimum absolute atomic E-state index is 0.0123. The second-order valence-corrected chi connectivity index (χ2v) is 8.29. The number of carbonyl (C=O) groups excluding carboxylic acids is 2. The van der Waals surface area contributed by atoms with Crippen LogP contribution in [0.25, 0.3) is 0 Å². The minimum Gasteiger partial charge on any atom is -0.271 e. The Morgan fingerprint density at radius 1 is 0.806 bits per heavy atom. The maximum absolute atomic E-state index is 14.0. The van der Waals surface area contributed by atoms with Crippen LogP contribution in [0.5, 0.6) is 0 Å². The van der Waals surface area contributed by atoms with Gasteiger partial charge in [0, 0.05) is 5.56 Å². The van der Waals surface area contributed by atoms with E-state index in [4.69, 9.17) is 0 Å². The molecule has 3 aromatic carbocycles. The summed E-state index contributed by atoms with van der Waals surface area (Å²) in [4.78, 5) is 24.3. The van der Waals surface area contributed by atoms with Gasteiger partial charge in [-0.25, -0.2) is 12.8 Å². The van der Waals surface area contributed by atoms with Crippen LogP contribution < -0.4 is 15.6 Å². The largest absolute Gasteiger partial charge is 0.271 e. The highest BCUT2D eigenvalue weighted by atomic mass is 32.2. The van der Waals surface area contributed by atoms with Gasteiger partial charge >= 0.3 is 0 Å². The molecule has 2 amide bonds. The van der Waals surface area contributed by atoms with Crippen molar-refractivity contribution in [1.29, 1.82) is 0 Å². The Morgan fingerprint density at radius 2 is 1.39 bits per heavy atom. The second kappa shape index (κ2) is 9.96. The Labute approximate surface area is 179 Å². The molecule has 0 saturated carbocycles. The lowest BCUT2D eigenvalue weighted by atomic mass is 10.1. The third-order valence-corrected chi connectivity index (χ3v) is 5.86. The number of hydrogen-bond acceptors (Lipinski definition) is 4. The van der Waals surface area contributed by atoms with Crippen LogP contribution in [0.3, 0.4) is 0 Å². The van der Waals surface area contributed by atoms with E-state index in [1.54, 1.807) is 60.7 Å². The second-order valence-electron chi connectivity index (χ2n) is 6.60. The van der Waals surface area contributed by atoms with Gasteiger partial charge in [0.25, 0.3) is 11.8 Å². The molecule has 0 spiro atoms. The molecule has 0 saturated heterocycles. The summed E-state index contributed by atoms with van der Waals surface area (Å²) in [7, 11) is -4.34. The van der Waals surface area contributed by atoms with Gasteiger partial charge in [0.1, 0.15) is 16.8 Å². The van der Waals surface area contributed by atoms with Crippen LogP contribution in [-0.4, -0.2) is 26.3 Å². The first-order chi connectivity index (χ1) is 14.9. The zero-order valence-corrected chi connectivity index (χ0v) is 17.1. The maximum atomic E-state index is 14.0. The van der Waals surface area contributed by atoms with Gasteiger partial charge in [0.05, 0.1) is 0 Å². The van der Waals surface area contributed by atoms with Crippen molar-refractivity contribution in [2.75, 3.05) is 0 Å². The number of rotatable bonds is 7.